The second-order valence-corrected chi connectivity index (χ2v) is 18.2. The third-order valence-electron chi connectivity index (χ3n) is 12.8. The lowest BCUT2D eigenvalue weighted by Crippen LogP contribution is -2.81. The number of carbonyl (C=O) groups excluding carboxylic acids is 6. The molecule has 1 amide bonds. The summed E-state index contributed by atoms with van der Waals surface area (Å²) in [5, 5.41) is 40.3. The lowest BCUT2D eigenvalue weighted by atomic mass is 9.44. The molecule has 0 spiro atoms. The molecule has 0 radical (unpaired) electrons. The molecule has 3 fully saturated rings. The molecule has 1 aliphatic heterocycles. The van der Waals surface area contributed by atoms with E-state index in [1.165, 1.54) is 39.8 Å². The number of Topliss-reactive ketones (excluding diaryl/α,β-unsaturated/α-hetero) is 1. The van der Waals surface area contributed by atoms with Gasteiger partial charge in [0.15, 0.2) is 11.4 Å². The molecule has 4 aliphatic rings. The average Bonchev–Trinajstić information content (AvgIpc) is 3.17. The van der Waals surface area contributed by atoms with Gasteiger partial charge in [-0.05, 0) is 63.5 Å². The summed E-state index contributed by atoms with van der Waals surface area (Å²) in [6.45, 7) is 12.8. The van der Waals surface area contributed by atoms with Gasteiger partial charge in [-0.3, -0.25) is 14.4 Å². The van der Waals surface area contributed by atoms with Crippen LogP contribution in [0.25, 0.3) is 0 Å². The maximum absolute atomic E-state index is 15.0. The van der Waals surface area contributed by atoms with Crippen molar-refractivity contribution >= 4 is 35.8 Å². The number of fused-ring (bicyclic) bond motifs is 5. The molecule has 1 saturated heterocycles. The zero-order valence-electron chi connectivity index (χ0n) is 35.8. The van der Waals surface area contributed by atoms with Crippen molar-refractivity contribution in [2.45, 2.75) is 135 Å². The molecule has 2 aromatic rings. The molecule has 2 saturated carbocycles. The number of rotatable bonds is 9. The number of hydrogen-bond acceptors (Lipinski definition) is 15. The van der Waals surface area contributed by atoms with Gasteiger partial charge in [-0.15, -0.1) is 0 Å². The molecule has 2 aromatic carbocycles. The molecule has 4 N–H and O–H groups in total. The van der Waals surface area contributed by atoms with Gasteiger partial charge in [0.05, 0.1) is 29.6 Å². The molecule has 2 bridgehead atoms. The van der Waals surface area contributed by atoms with Crippen molar-refractivity contribution in [3.05, 3.63) is 82.9 Å². The number of nitrogens with one attached hydrogen (secondary N) is 1. The molecule has 1 heterocycles. The van der Waals surface area contributed by atoms with Gasteiger partial charge in [-0.25, -0.2) is 14.4 Å². The second kappa shape index (κ2) is 16.3. The van der Waals surface area contributed by atoms with E-state index in [4.69, 9.17) is 28.4 Å². The first-order valence-electron chi connectivity index (χ1n) is 20.2. The smallest absolute Gasteiger partial charge is 0.408 e. The molecular formula is C45H55NO15. The molecule has 61 heavy (non-hydrogen) atoms. The van der Waals surface area contributed by atoms with Gasteiger partial charge in [-0.1, -0.05) is 62.4 Å². The van der Waals surface area contributed by atoms with Crippen molar-refractivity contribution in [3.63, 3.8) is 0 Å². The van der Waals surface area contributed by atoms with Crippen LogP contribution in [0.15, 0.2) is 71.8 Å². The highest BCUT2D eigenvalue weighted by Crippen LogP contribution is 2.64. The molecule has 330 valence electrons. The number of esters is 4. The van der Waals surface area contributed by atoms with E-state index in [1.807, 2.05) is 0 Å². The number of benzene rings is 2. The minimum Gasteiger partial charge on any atom is -0.455 e. The van der Waals surface area contributed by atoms with Crippen LogP contribution in [0.2, 0.25) is 0 Å². The van der Waals surface area contributed by atoms with Crippen LogP contribution in [-0.4, -0.2) is 111 Å². The Hall–Kier alpha value is -5.16. The number of carbonyl (C=O) groups is 6. The predicted octanol–water partition coefficient (Wildman–Crippen LogP) is 3.83. The van der Waals surface area contributed by atoms with Crippen LogP contribution >= 0.6 is 0 Å². The Balaban J connectivity index is 1.52. The van der Waals surface area contributed by atoms with Crippen molar-refractivity contribution in [1.82, 2.24) is 5.32 Å². The largest absolute Gasteiger partial charge is 0.455 e. The normalized spacial score (nSPS) is 32.5. The van der Waals surface area contributed by atoms with Crippen molar-refractivity contribution < 1.29 is 72.5 Å². The van der Waals surface area contributed by atoms with Gasteiger partial charge in [0.2, 0.25) is 6.10 Å². The molecule has 3 aliphatic carbocycles. The van der Waals surface area contributed by atoms with Crippen LogP contribution in [0.1, 0.15) is 97.1 Å². The standard InChI is InChI=1S/C45H55NO15/c1-23-28(58-39(53)34(57-24(2)47)32(26-16-12-10-13-17-26)46-40(54)61-41(4,5)6)21-45(55)37(59-38(52)27-18-14-11-15-19-27)35-43(9,36(51)33(50)31(23)42(45,7)8)29(49)20-30-44(35,22-56-30)60-25(3)48/h10-19,28-30,32-35,37,49-50,55H,20-22H2,1-9H3,(H,46,54)/t28-,29-,30+,32+,33+,34+,35?,37-,43+,44-,45+/m0/s1. The Bertz CT molecular complexity index is 2100. The number of amides is 1. The van der Waals surface area contributed by atoms with E-state index < -0.39 is 118 Å². The lowest BCUT2D eigenvalue weighted by Gasteiger charge is -2.67. The monoisotopic (exact) mass is 849 g/mol. The van der Waals surface area contributed by atoms with Gasteiger partial charge in [0.25, 0.3) is 0 Å². The topological polar surface area (TPSA) is 231 Å². The fraction of sp³-hybridized carbons (Fsp3) is 0.556. The third-order valence-corrected chi connectivity index (χ3v) is 12.8. The second-order valence-electron chi connectivity index (χ2n) is 18.2. The summed E-state index contributed by atoms with van der Waals surface area (Å²) in [5.74, 6) is -6.29. The van der Waals surface area contributed by atoms with E-state index in [0.717, 1.165) is 13.8 Å². The molecule has 0 aromatic heterocycles. The number of alkyl carbamates (subject to hydrolysis) is 1. The summed E-state index contributed by atoms with van der Waals surface area (Å²) in [4.78, 5) is 82.6. The van der Waals surface area contributed by atoms with Crippen LogP contribution in [0.3, 0.4) is 0 Å². The van der Waals surface area contributed by atoms with E-state index in [9.17, 15) is 39.3 Å². The first-order valence-corrected chi connectivity index (χ1v) is 20.2. The summed E-state index contributed by atoms with van der Waals surface area (Å²) in [7, 11) is 0. The summed E-state index contributed by atoms with van der Waals surface area (Å²) < 4.78 is 35.4. The minimum absolute atomic E-state index is 0.0673. The molecule has 1 unspecified atom stereocenters. The van der Waals surface area contributed by atoms with E-state index in [2.05, 4.69) is 5.32 Å². The molecule has 6 rings (SSSR count). The SMILES string of the molecule is CC(=O)O[C@@H](C(=O)O[C@H]1C[C@@]2(O)[C@@H](OC(=O)c3ccccc3)C3[C@](C)(C(=O)[C@H](O)C(=C1C)C2(C)C)[C@@H](O)C[C@H]1OC[C@@]31OC(C)=O)[C@H](NC(=O)OC(C)(C)C)c1ccccc1. The zero-order valence-corrected chi connectivity index (χ0v) is 35.8. The predicted molar refractivity (Wildman–Crippen MR) is 213 cm³/mol. The number of ketones is 1. The number of ether oxygens (including phenoxy) is 6. The van der Waals surface area contributed by atoms with Gasteiger partial charge in [0, 0.05) is 32.1 Å². The number of hydrogen-bond donors (Lipinski definition) is 4. The number of aliphatic hydroxyl groups excluding tert-OH is 2. The maximum atomic E-state index is 15.0. The third kappa shape index (κ3) is 7.94. The average molecular weight is 850 g/mol. The highest BCUT2D eigenvalue weighted by atomic mass is 16.6. The Kier molecular flexibility index (Phi) is 12.1. The summed E-state index contributed by atoms with van der Waals surface area (Å²) in [5.41, 5.74) is -8.34. The Morgan fingerprint density at radius 2 is 1.51 bits per heavy atom. The van der Waals surface area contributed by atoms with E-state index in [0.29, 0.717) is 5.56 Å². The van der Waals surface area contributed by atoms with Crippen LogP contribution in [0, 0.1) is 16.7 Å². The van der Waals surface area contributed by atoms with Crippen LogP contribution in [0.4, 0.5) is 4.79 Å². The van der Waals surface area contributed by atoms with Crippen molar-refractivity contribution in [2.24, 2.45) is 16.7 Å². The van der Waals surface area contributed by atoms with Gasteiger partial charge in [0.1, 0.15) is 41.7 Å². The fourth-order valence-corrected chi connectivity index (χ4v) is 9.84. The van der Waals surface area contributed by atoms with Crippen molar-refractivity contribution in [1.29, 1.82) is 0 Å². The summed E-state index contributed by atoms with van der Waals surface area (Å²) in [6, 6.07) is 14.6. The van der Waals surface area contributed by atoms with Gasteiger partial charge >= 0.3 is 30.0 Å². The minimum atomic E-state index is -2.39. The van der Waals surface area contributed by atoms with Gasteiger partial charge in [-0.2, -0.15) is 0 Å². The number of aliphatic hydroxyl groups is 3. The van der Waals surface area contributed by atoms with Crippen LogP contribution in [-0.2, 0) is 47.6 Å². The van der Waals surface area contributed by atoms with E-state index in [-0.39, 0.29) is 29.7 Å². The van der Waals surface area contributed by atoms with Crippen LogP contribution < -0.4 is 5.32 Å². The molecule has 11 atom stereocenters. The Morgan fingerprint density at radius 3 is 2.05 bits per heavy atom. The van der Waals surface area contributed by atoms with E-state index >= 15 is 4.79 Å². The van der Waals surface area contributed by atoms with Crippen molar-refractivity contribution in [3.8, 4) is 0 Å². The Morgan fingerprint density at radius 1 is 0.902 bits per heavy atom. The quantitative estimate of drug-likeness (QED) is 0.160. The molecule has 16 nitrogen and oxygen atoms in total. The molecular weight excluding hydrogens is 794 g/mol. The van der Waals surface area contributed by atoms with Crippen molar-refractivity contribution in [2.75, 3.05) is 6.61 Å². The highest BCUT2D eigenvalue weighted by molar-refractivity contribution is 5.94. The first-order chi connectivity index (χ1) is 28.4. The zero-order chi connectivity index (χ0) is 45.0. The first kappa shape index (κ1) is 45.4. The van der Waals surface area contributed by atoms with E-state index in [1.54, 1.807) is 69.3 Å². The summed E-state index contributed by atoms with van der Waals surface area (Å²) >= 11 is 0. The Labute approximate surface area is 353 Å². The van der Waals surface area contributed by atoms with Gasteiger partial charge < -0.3 is 49.1 Å². The summed E-state index contributed by atoms with van der Waals surface area (Å²) in [6.07, 6.45) is -11.5. The molecule has 16 heteroatoms. The maximum Gasteiger partial charge on any atom is 0.408 e. The highest BCUT2D eigenvalue weighted by Gasteiger charge is 2.78. The fourth-order valence-electron chi connectivity index (χ4n) is 9.84. The van der Waals surface area contributed by atoms with Crippen LogP contribution in [0.5, 0.6) is 0 Å². The lowest BCUT2D eigenvalue weighted by molar-refractivity contribution is -0.346.